The van der Waals surface area contributed by atoms with Gasteiger partial charge in [-0.15, -0.1) is 0 Å². The van der Waals surface area contributed by atoms with Crippen LogP contribution in [0.5, 0.6) is 0 Å². The maximum absolute atomic E-state index is 5.54. The predicted molar refractivity (Wildman–Crippen MR) is 50.5 cm³/mol. The van der Waals surface area contributed by atoms with E-state index in [1.54, 1.807) is 0 Å². The lowest BCUT2D eigenvalue weighted by Crippen LogP contribution is -2.22. The van der Waals surface area contributed by atoms with Crippen molar-refractivity contribution < 1.29 is 0 Å². The summed E-state index contributed by atoms with van der Waals surface area (Å²) >= 11 is 4.23. The third kappa shape index (κ3) is 5.12. The summed E-state index contributed by atoms with van der Waals surface area (Å²) in [6.07, 6.45) is 1.17. The summed E-state index contributed by atoms with van der Waals surface area (Å²) in [5, 5.41) is 0. The molecule has 0 aromatic carbocycles. The van der Waals surface area contributed by atoms with Crippen molar-refractivity contribution in [1.82, 2.24) is 0 Å². The van der Waals surface area contributed by atoms with E-state index in [9.17, 15) is 0 Å². The van der Waals surface area contributed by atoms with Gasteiger partial charge in [0.15, 0.2) is 0 Å². The van der Waals surface area contributed by atoms with E-state index in [0.717, 1.165) is 12.3 Å². The van der Waals surface area contributed by atoms with Crippen molar-refractivity contribution in [3.63, 3.8) is 0 Å². The van der Waals surface area contributed by atoms with Gasteiger partial charge < -0.3 is 5.73 Å². The average Bonchev–Trinajstić information content (AvgIpc) is 1.81. The second-order valence-corrected chi connectivity index (χ2v) is 4.41. The molecule has 2 N–H and O–H groups in total. The Morgan fingerprint density at radius 3 is 2.00 bits per heavy atom. The molecule has 0 saturated heterocycles. The Balaban J connectivity index is 3.63. The number of rotatable bonds is 3. The van der Waals surface area contributed by atoms with E-state index in [0.29, 0.717) is 11.3 Å². The Hall–Kier alpha value is 0.310. The number of hydrogen-bond acceptors (Lipinski definition) is 2. The molecule has 0 aliphatic rings. The SMILES string of the molecule is CC(C)(C)CC(CN)CS. The molecule has 10 heavy (non-hydrogen) atoms. The zero-order chi connectivity index (χ0) is 8.20. The fourth-order valence-corrected chi connectivity index (χ4v) is 1.37. The lowest BCUT2D eigenvalue weighted by atomic mass is 9.85. The molecule has 0 saturated carbocycles. The molecule has 0 fully saturated rings. The van der Waals surface area contributed by atoms with E-state index in [1.807, 2.05) is 0 Å². The van der Waals surface area contributed by atoms with Gasteiger partial charge in [0.2, 0.25) is 0 Å². The van der Waals surface area contributed by atoms with E-state index in [2.05, 4.69) is 33.4 Å². The number of hydrogen-bond donors (Lipinski definition) is 2. The van der Waals surface area contributed by atoms with Crippen LogP contribution in [0.4, 0.5) is 0 Å². The fourth-order valence-electron chi connectivity index (χ4n) is 1.09. The molecule has 0 aliphatic heterocycles. The van der Waals surface area contributed by atoms with E-state index in [1.165, 1.54) is 6.42 Å². The molecule has 0 amide bonds. The minimum atomic E-state index is 0.396. The Labute approximate surface area is 69.8 Å². The largest absolute Gasteiger partial charge is 0.330 e. The lowest BCUT2D eigenvalue weighted by Gasteiger charge is -2.23. The zero-order valence-electron chi connectivity index (χ0n) is 7.22. The van der Waals surface area contributed by atoms with Crippen LogP contribution < -0.4 is 5.73 Å². The van der Waals surface area contributed by atoms with Gasteiger partial charge in [-0.2, -0.15) is 12.6 Å². The van der Waals surface area contributed by atoms with Crippen LogP contribution in [0.15, 0.2) is 0 Å². The van der Waals surface area contributed by atoms with Crippen LogP contribution in [-0.4, -0.2) is 12.3 Å². The highest BCUT2D eigenvalue weighted by Crippen LogP contribution is 2.24. The third-order valence-corrected chi connectivity index (χ3v) is 2.01. The van der Waals surface area contributed by atoms with Gasteiger partial charge in [0.05, 0.1) is 0 Å². The summed E-state index contributed by atoms with van der Waals surface area (Å²) in [5.41, 5.74) is 5.94. The van der Waals surface area contributed by atoms with Gasteiger partial charge in [-0.3, -0.25) is 0 Å². The molecule has 0 spiro atoms. The highest BCUT2D eigenvalue weighted by molar-refractivity contribution is 7.80. The predicted octanol–water partition coefficient (Wildman–Crippen LogP) is 1.93. The average molecular weight is 161 g/mol. The molecule has 0 aromatic heterocycles. The van der Waals surface area contributed by atoms with Crippen LogP contribution in [0.1, 0.15) is 27.2 Å². The third-order valence-electron chi connectivity index (χ3n) is 1.49. The van der Waals surface area contributed by atoms with Gasteiger partial charge >= 0.3 is 0 Å². The van der Waals surface area contributed by atoms with Crippen molar-refractivity contribution in [3.8, 4) is 0 Å². The van der Waals surface area contributed by atoms with Crippen LogP contribution in [0.2, 0.25) is 0 Å². The highest BCUT2D eigenvalue weighted by atomic mass is 32.1. The van der Waals surface area contributed by atoms with Crippen LogP contribution in [0, 0.1) is 11.3 Å². The summed E-state index contributed by atoms with van der Waals surface area (Å²) in [6.45, 7) is 7.47. The Morgan fingerprint density at radius 2 is 1.90 bits per heavy atom. The van der Waals surface area contributed by atoms with Gasteiger partial charge in [-0.25, -0.2) is 0 Å². The molecule has 0 bridgehead atoms. The monoisotopic (exact) mass is 161 g/mol. The molecular weight excluding hydrogens is 142 g/mol. The molecule has 2 heteroatoms. The maximum atomic E-state index is 5.54. The second kappa shape index (κ2) is 4.24. The summed E-state index contributed by atoms with van der Waals surface area (Å²) < 4.78 is 0. The van der Waals surface area contributed by atoms with Gasteiger partial charge in [0.1, 0.15) is 0 Å². The minimum absolute atomic E-state index is 0.396. The van der Waals surface area contributed by atoms with Gasteiger partial charge in [-0.1, -0.05) is 20.8 Å². The summed E-state index contributed by atoms with van der Waals surface area (Å²) in [7, 11) is 0. The summed E-state index contributed by atoms with van der Waals surface area (Å²) in [5.74, 6) is 1.50. The normalized spacial score (nSPS) is 15.3. The van der Waals surface area contributed by atoms with Crippen LogP contribution in [0.3, 0.4) is 0 Å². The van der Waals surface area contributed by atoms with E-state index >= 15 is 0 Å². The molecule has 0 heterocycles. The van der Waals surface area contributed by atoms with Crippen molar-refractivity contribution in [2.75, 3.05) is 12.3 Å². The molecule has 62 valence electrons. The Bertz CT molecular complexity index is 81.7. The summed E-state index contributed by atoms with van der Waals surface area (Å²) in [4.78, 5) is 0. The van der Waals surface area contributed by atoms with Crippen molar-refractivity contribution in [2.24, 2.45) is 17.1 Å². The van der Waals surface area contributed by atoms with Gasteiger partial charge in [-0.05, 0) is 30.1 Å². The molecule has 0 aliphatic carbocycles. The quantitative estimate of drug-likeness (QED) is 0.608. The minimum Gasteiger partial charge on any atom is -0.330 e. The van der Waals surface area contributed by atoms with Gasteiger partial charge in [0.25, 0.3) is 0 Å². The second-order valence-electron chi connectivity index (χ2n) is 4.05. The molecule has 0 radical (unpaired) electrons. The molecular formula is C8H19NS. The van der Waals surface area contributed by atoms with E-state index in [-0.39, 0.29) is 0 Å². The molecule has 0 rings (SSSR count). The Morgan fingerprint density at radius 1 is 1.40 bits per heavy atom. The zero-order valence-corrected chi connectivity index (χ0v) is 8.12. The fraction of sp³-hybridized carbons (Fsp3) is 1.00. The first-order valence-electron chi connectivity index (χ1n) is 3.80. The first-order chi connectivity index (χ1) is 4.49. The van der Waals surface area contributed by atoms with Crippen molar-refractivity contribution in [2.45, 2.75) is 27.2 Å². The lowest BCUT2D eigenvalue weighted by molar-refractivity contribution is 0.314. The molecule has 1 atom stereocenters. The number of nitrogens with two attached hydrogens (primary N) is 1. The van der Waals surface area contributed by atoms with Gasteiger partial charge in [0, 0.05) is 0 Å². The number of thiol groups is 1. The van der Waals surface area contributed by atoms with Crippen molar-refractivity contribution in [3.05, 3.63) is 0 Å². The van der Waals surface area contributed by atoms with Crippen LogP contribution >= 0.6 is 12.6 Å². The molecule has 1 unspecified atom stereocenters. The Kier molecular flexibility index (Phi) is 4.37. The topological polar surface area (TPSA) is 26.0 Å². The van der Waals surface area contributed by atoms with Crippen LogP contribution in [-0.2, 0) is 0 Å². The van der Waals surface area contributed by atoms with E-state index < -0.39 is 0 Å². The standard InChI is InChI=1S/C8H19NS/c1-8(2,3)4-7(5-9)6-10/h7,10H,4-6,9H2,1-3H3. The summed E-state index contributed by atoms with van der Waals surface area (Å²) in [6, 6.07) is 0. The van der Waals surface area contributed by atoms with Crippen molar-refractivity contribution >= 4 is 12.6 Å². The molecule has 1 nitrogen and oxygen atoms in total. The van der Waals surface area contributed by atoms with E-state index in [4.69, 9.17) is 5.73 Å². The highest BCUT2D eigenvalue weighted by Gasteiger charge is 2.15. The van der Waals surface area contributed by atoms with Crippen molar-refractivity contribution in [1.29, 1.82) is 0 Å². The molecule has 0 aromatic rings. The smallest absolute Gasteiger partial charge is 0.00409 e. The first-order valence-corrected chi connectivity index (χ1v) is 4.44. The first kappa shape index (κ1) is 10.3. The van der Waals surface area contributed by atoms with Crippen LogP contribution in [0.25, 0.3) is 0 Å². The maximum Gasteiger partial charge on any atom is -0.00409 e.